The summed E-state index contributed by atoms with van der Waals surface area (Å²) in [5, 5.41) is 36.9. The quantitative estimate of drug-likeness (QED) is 0.385. The SMILES string of the molecule is Cc1cccc(Oc2ccc(C(=O)O)c(C(=O)O)c2)c1Oc1ccc(C(=O)O)c(C(=O)O)c1. The second-order valence-corrected chi connectivity index (χ2v) is 6.74. The van der Waals surface area contributed by atoms with Gasteiger partial charge in [0.15, 0.2) is 11.5 Å². The average Bonchev–Trinajstić information content (AvgIpc) is 2.75. The fourth-order valence-electron chi connectivity index (χ4n) is 2.98. The summed E-state index contributed by atoms with van der Waals surface area (Å²) in [7, 11) is 0. The Labute approximate surface area is 185 Å². The molecule has 4 N–H and O–H groups in total. The lowest BCUT2D eigenvalue weighted by molar-refractivity contribution is 0.0651. The van der Waals surface area contributed by atoms with Gasteiger partial charge in [-0.25, -0.2) is 19.2 Å². The maximum atomic E-state index is 11.4. The van der Waals surface area contributed by atoms with E-state index in [1.807, 2.05) is 0 Å². The minimum atomic E-state index is -1.45. The smallest absolute Gasteiger partial charge is 0.336 e. The van der Waals surface area contributed by atoms with Crippen LogP contribution < -0.4 is 9.47 Å². The normalized spacial score (nSPS) is 10.3. The molecule has 33 heavy (non-hydrogen) atoms. The first-order chi connectivity index (χ1) is 15.6. The van der Waals surface area contributed by atoms with Gasteiger partial charge in [-0.15, -0.1) is 0 Å². The second kappa shape index (κ2) is 9.10. The Hall–Kier alpha value is -4.86. The zero-order valence-corrected chi connectivity index (χ0v) is 16.9. The largest absolute Gasteiger partial charge is 0.478 e. The molecule has 0 radical (unpaired) electrons. The molecule has 0 heterocycles. The number of hydrogen-bond donors (Lipinski definition) is 4. The monoisotopic (exact) mass is 452 g/mol. The average molecular weight is 452 g/mol. The number of ether oxygens (including phenoxy) is 2. The third kappa shape index (κ3) is 4.90. The molecule has 0 bridgehead atoms. The number of carboxylic acid groups (broad SMARTS) is 4. The Morgan fingerprint density at radius 3 is 1.52 bits per heavy atom. The molecule has 0 saturated heterocycles. The van der Waals surface area contributed by atoms with Gasteiger partial charge in [-0.2, -0.15) is 0 Å². The molecule has 0 spiro atoms. The third-order valence-electron chi connectivity index (χ3n) is 4.53. The standard InChI is InChI=1S/C23H16O10/c1-11-3-2-4-18(32-12-5-7-14(20(24)25)16(9-12)22(28)29)19(11)33-13-6-8-15(21(26)27)17(10-13)23(30)31/h2-10H,1H3,(H,24,25)(H,26,27)(H,28,29)(H,30,31). The van der Waals surface area contributed by atoms with Crippen molar-refractivity contribution in [2.24, 2.45) is 0 Å². The van der Waals surface area contributed by atoms with E-state index in [0.717, 1.165) is 24.3 Å². The number of rotatable bonds is 8. The van der Waals surface area contributed by atoms with E-state index in [9.17, 15) is 29.4 Å². The fraction of sp³-hybridized carbons (Fsp3) is 0.0435. The van der Waals surface area contributed by atoms with E-state index in [-0.39, 0.29) is 23.0 Å². The molecule has 0 aliphatic carbocycles. The van der Waals surface area contributed by atoms with Crippen molar-refractivity contribution in [1.82, 2.24) is 0 Å². The highest BCUT2D eigenvalue weighted by Gasteiger charge is 2.20. The summed E-state index contributed by atoms with van der Waals surface area (Å²) in [6, 6.07) is 11.7. The lowest BCUT2D eigenvalue weighted by atomic mass is 10.1. The second-order valence-electron chi connectivity index (χ2n) is 6.74. The van der Waals surface area contributed by atoms with E-state index in [2.05, 4.69) is 0 Å². The van der Waals surface area contributed by atoms with Crippen molar-refractivity contribution in [1.29, 1.82) is 0 Å². The minimum absolute atomic E-state index is 0.0281. The van der Waals surface area contributed by atoms with Crippen molar-refractivity contribution in [3.63, 3.8) is 0 Å². The van der Waals surface area contributed by atoms with E-state index < -0.39 is 46.1 Å². The summed E-state index contributed by atoms with van der Waals surface area (Å²) in [6.45, 7) is 1.68. The molecular weight excluding hydrogens is 436 g/mol. The zero-order chi connectivity index (χ0) is 24.3. The van der Waals surface area contributed by atoms with E-state index in [4.69, 9.17) is 19.7 Å². The third-order valence-corrected chi connectivity index (χ3v) is 4.53. The predicted molar refractivity (Wildman–Crippen MR) is 112 cm³/mol. The molecule has 0 aromatic heterocycles. The van der Waals surface area contributed by atoms with Crippen LogP contribution in [0.15, 0.2) is 54.6 Å². The van der Waals surface area contributed by atoms with Crippen LogP contribution in [0.25, 0.3) is 0 Å². The number of carbonyl (C=O) groups is 4. The number of hydrogen-bond acceptors (Lipinski definition) is 6. The molecule has 168 valence electrons. The Morgan fingerprint density at radius 2 is 1.06 bits per heavy atom. The summed E-state index contributed by atoms with van der Waals surface area (Å²) < 4.78 is 11.5. The number of carboxylic acids is 4. The number of aromatic carboxylic acids is 4. The van der Waals surface area contributed by atoms with Crippen molar-refractivity contribution in [3.8, 4) is 23.0 Å². The van der Waals surface area contributed by atoms with Crippen LogP contribution in [0.4, 0.5) is 0 Å². The summed E-state index contributed by atoms with van der Waals surface area (Å²) in [4.78, 5) is 45.3. The van der Waals surface area contributed by atoms with Gasteiger partial charge in [0.25, 0.3) is 0 Å². The van der Waals surface area contributed by atoms with Gasteiger partial charge in [-0.3, -0.25) is 0 Å². The van der Waals surface area contributed by atoms with Gasteiger partial charge in [-0.1, -0.05) is 12.1 Å². The summed E-state index contributed by atoms with van der Waals surface area (Å²) >= 11 is 0. The van der Waals surface area contributed by atoms with Gasteiger partial charge in [-0.05, 0) is 55.0 Å². The minimum Gasteiger partial charge on any atom is -0.478 e. The lowest BCUT2D eigenvalue weighted by Gasteiger charge is -2.16. The molecule has 3 aromatic carbocycles. The van der Waals surface area contributed by atoms with E-state index >= 15 is 0 Å². The van der Waals surface area contributed by atoms with Crippen LogP contribution in [0.1, 0.15) is 47.0 Å². The number of benzene rings is 3. The zero-order valence-electron chi connectivity index (χ0n) is 16.9. The molecule has 0 amide bonds. The van der Waals surface area contributed by atoms with Crippen molar-refractivity contribution >= 4 is 23.9 Å². The van der Waals surface area contributed by atoms with Crippen LogP contribution in [-0.2, 0) is 0 Å². The first-order valence-corrected chi connectivity index (χ1v) is 9.25. The molecule has 0 aliphatic heterocycles. The lowest BCUT2D eigenvalue weighted by Crippen LogP contribution is -2.08. The first-order valence-electron chi connectivity index (χ1n) is 9.25. The maximum Gasteiger partial charge on any atom is 0.336 e. The molecule has 3 aromatic rings. The highest BCUT2D eigenvalue weighted by molar-refractivity contribution is 6.02. The van der Waals surface area contributed by atoms with Crippen molar-refractivity contribution in [2.45, 2.75) is 6.92 Å². The summed E-state index contributed by atoms with van der Waals surface area (Å²) in [6.07, 6.45) is 0. The van der Waals surface area contributed by atoms with Crippen molar-refractivity contribution in [2.75, 3.05) is 0 Å². The van der Waals surface area contributed by atoms with Gasteiger partial charge in [0.1, 0.15) is 11.5 Å². The Bertz CT molecular complexity index is 1290. The molecule has 10 heteroatoms. The topological polar surface area (TPSA) is 168 Å². The van der Waals surface area contributed by atoms with Gasteiger partial charge in [0.2, 0.25) is 0 Å². The van der Waals surface area contributed by atoms with Crippen LogP contribution in [-0.4, -0.2) is 44.3 Å². The van der Waals surface area contributed by atoms with Crippen molar-refractivity contribution in [3.05, 3.63) is 82.4 Å². The van der Waals surface area contributed by atoms with Gasteiger partial charge >= 0.3 is 23.9 Å². The summed E-state index contributed by atoms with van der Waals surface area (Å²) in [5.41, 5.74) is -1.17. The van der Waals surface area contributed by atoms with Gasteiger partial charge in [0.05, 0.1) is 22.3 Å². The molecule has 10 nitrogen and oxygen atoms in total. The summed E-state index contributed by atoms with van der Waals surface area (Å²) in [5.74, 6) is -5.35. The first kappa shape index (κ1) is 22.8. The van der Waals surface area contributed by atoms with Gasteiger partial charge < -0.3 is 29.9 Å². The van der Waals surface area contributed by atoms with Crippen LogP contribution in [0.3, 0.4) is 0 Å². The van der Waals surface area contributed by atoms with Crippen LogP contribution >= 0.6 is 0 Å². The van der Waals surface area contributed by atoms with E-state index in [1.165, 1.54) is 18.2 Å². The molecule has 0 unspecified atom stereocenters. The highest BCUT2D eigenvalue weighted by atomic mass is 16.5. The molecular formula is C23H16O10. The fourth-order valence-corrected chi connectivity index (χ4v) is 2.98. The Balaban J connectivity index is 2.00. The molecule has 0 atom stereocenters. The van der Waals surface area contributed by atoms with E-state index in [0.29, 0.717) is 5.56 Å². The Morgan fingerprint density at radius 1 is 0.606 bits per heavy atom. The highest BCUT2D eigenvalue weighted by Crippen LogP contribution is 2.38. The predicted octanol–water partition coefficient (Wildman–Crippen LogP) is 4.37. The van der Waals surface area contributed by atoms with Gasteiger partial charge in [0, 0.05) is 0 Å². The maximum absolute atomic E-state index is 11.4. The Kier molecular flexibility index (Phi) is 6.29. The van der Waals surface area contributed by atoms with E-state index in [1.54, 1.807) is 19.1 Å². The molecule has 3 rings (SSSR count). The molecule has 0 aliphatic rings. The molecule has 0 fully saturated rings. The molecule has 0 saturated carbocycles. The van der Waals surface area contributed by atoms with Crippen molar-refractivity contribution < 1.29 is 49.1 Å². The van der Waals surface area contributed by atoms with Crippen LogP contribution in [0.5, 0.6) is 23.0 Å². The van der Waals surface area contributed by atoms with Crippen LogP contribution in [0, 0.1) is 6.92 Å². The number of aryl methyl sites for hydroxylation is 1. The van der Waals surface area contributed by atoms with Crippen LogP contribution in [0.2, 0.25) is 0 Å². The number of para-hydroxylation sites is 1.